The maximum atomic E-state index is 5.67. The van der Waals surface area contributed by atoms with Crippen LogP contribution < -0.4 is 10.1 Å². The number of hydrogen-bond donors (Lipinski definition) is 1. The van der Waals surface area contributed by atoms with Gasteiger partial charge in [-0.25, -0.2) is 0 Å². The van der Waals surface area contributed by atoms with Crippen LogP contribution in [-0.2, 0) is 19.6 Å². The molecule has 0 saturated heterocycles. The van der Waals surface area contributed by atoms with Crippen LogP contribution in [0, 0.1) is 0 Å². The summed E-state index contributed by atoms with van der Waals surface area (Å²) >= 11 is 0. The number of aromatic nitrogens is 2. The molecule has 0 fully saturated rings. The Bertz CT molecular complexity index is 525. The molecule has 0 aliphatic heterocycles. The van der Waals surface area contributed by atoms with E-state index in [-0.39, 0.29) is 0 Å². The van der Waals surface area contributed by atoms with E-state index >= 15 is 0 Å². The molecule has 20 heavy (non-hydrogen) atoms. The third-order valence-corrected chi connectivity index (χ3v) is 2.84. The average Bonchev–Trinajstić information content (AvgIpc) is 2.94. The number of nitrogens with zero attached hydrogens (tertiary/aromatic N) is 2. The van der Waals surface area contributed by atoms with Gasteiger partial charge in [0.15, 0.2) is 12.4 Å². The predicted octanol–water partition coefficient (Wildman–Crippen LogP) is 2.71. The summed E-state index contributed by atoms with van der Waals surface area (Å²) in [6.45, 7) is 6.32. The molecule has 0 aliphatic carbocycles. The van der Waals surface area contributed by atoms with Crippen molar-refractivity contribution in [1.82, 2.24) is 15.5 Å². The predicted molar refractivity (Wildman–Crippen MR) is 76.4 cm³/mol. The normalized spacial score (nSPS) is 10.7. The highest BCUT2D eigenvalue weighted by Gasteiger charge is 2.05. The summed E-state index contributed by atoms with van der Waals surface area (Å²) in [6, 6.07) is 8.03. The highest BCUT2D eigenvalue weighted by atomic mass is 16.5. The van der Waals surface area contributed by atoms with Crippen LogP contribution in [0.2, 0.25) is 0 Å². The Morgan fingerprint density at radius 1 is 1.30 bits per heavy atom. The van der Waals surface area contributed by atoms with E-state index in [0.29, 0.717) is 18.3 Å². The van der Waals surface area contributed by atoms with Gasteiger partial charge in [0.2, 0.25) is 0 Å². The topological polar surface area (TPSA) is 60.2 Å². The van der Waals surface area contributed by atoms with Crippen molar-refractivity contribution >= 4 is 0 Å². The molecule has 0 bridgehead atoms. The van der Waals surface area contributed by atoms with E-state index in [0.717, 1.165) is 31.7 Å². The summed E-state index contributed by atoms with van der Waals surface area (Å²) in [6.07, 6.45) is 1.90. The van der Waals surface area contributed by atoms with Crippen molar-refractivity contribution in [1.29, 1.82) is 0 Å². The van der Waals surface area contributed by atoms with Crippen molar-refractivity contribution in [2.75, 3.05) is 6.54 Å². The lowest BCUT2D eigenvalue weighted by Crippen LogP contribution is -2.13. The van der Waals surface area contributed by atoms with E-state index < -0.39 is 0 Å². The third-order valence-electron chi connectivity index (χ3n) is 2.84. The second-order valence-electron chi connectivity index (χ2n) is 4.57. The van der Waals surface area contributed by atoms with E-state index in [4.69, 9.17) is 9.26 Å². The Hall–Kier alpha value is -1.88. The fraction of sp³-hybridized carbons (Fsp3) is 0.467. The van der Waals surface area contributed by atoms with Crippen LogP contribution in [0.5, 0.6) is 5.75 Å². The summed E-state index contributed by atoms with van der Waals surface area (Å²) in [5.41, 5.74) is 1.20. The molecule has 0 unspecified atom stereocenters. The molecule has 2 rings (SSSR count). The number of hydrogen-bond acceptors (Lipinski definition) is 5. The van der Waals surface area contributed by atoms with Crippen molar-refractivity contribution in [2.24, 2.45) is 0 Å². The number of nitrogens with one attached hydrogen (secondary N) is 1. The SMILES string of the molecule is CCCNCc1cccc(OCc2nc(CC)no2)c1. The number of ether oxygens (including phenoxy) is 1. The molecule has 0 atom stereocenters. The van der Waals surface area contributed by atoms with Crippen LogP contribution in [0.15, 0.2) is 28.8 Å². The lowest BCUT2D eigenvalue weighted by atomic mass is 10.2. The van der Waals surface area contributed by atoms with Gasteiger partial charge in [0, 0.05) is 13.0 Å². The lowest BCUT2D eigenvalue weighted by Gasteiger charge is -2.07. The van der Waals surface area contributed by atoms with Gasteiger partial charge in [-0.05, 0) is 30.7 Å². The Balaban J connectivity index is 1.87. The molecule has 108 valence electrons. The molecule has 1 aromatic heterocycles. The first-order valence-electron chi connectivity index (χ1n) is 7.05. The van der Waals surface area contributed by atoms with Crippen molar-refractivity contribution < 1.29 is 9.26 Å². The molecule has 5 nitrogen and oxygen atoms in total. The molecule has 0 spiro atoms. The van der Waals surface area contributed by atoms with Crippen LogP contribution >= 0.6 is 0 Å². The molecular formula is C15H21N3O2. The molecule has 0 radical (unpaired) electrons. The monoisotopic (exact) mass is 275 g/mol. The maximum absolute atomic E-state index is 5.67. The molecule has 0 saturated carbocycles. The Kier molecular flexibility index (Phi) is 5.55. The quantitative estimate of drug-likeness (QED) is 0.751. The second-order valence-corrected chi connectivity index (χ2v) is 4.57. The highest BCUT2D eigenvalue weighted by Crippen LogP contribution is 2.14. The van der Waals surface area contributed by atoms with E-state index in [2.05, 4.69) is 28.4 Å². The lowest BCUT2D eigenvalue weighted by molar-refractivity contribution is 0.242. The molecule has 0 amide bonds. The van der Waals surface area contributed by atoms with Gasteiger partial charge < -0.3 is 14.6 Å². The average molecular weight is 275 g/mol. The van der Waals surface area contributed by atoms with Crippen molar-refractivity contribution in [3.8, 4) is 5.75 Å². The summed E-state index contributed by atoms with van der Waals surface area (Å²) in [5.74, 6) is 2.04. The molecule has 1 N–H and O–H groups in total. The number of benzene rings is 1. The first-order chi connectivity index (χ1) is 9.81. The molecule has 5 heteroatoms. The van der Waals surface area contributed by atoms with E-state index in [1.165, 1.54) is 5.56 Å². The summed E-state index contributed by atoms with van der Waals surface area (Å²) < 4.78 is 10.8. The summed E-state index contributed by atoms with van der Waals surface area (Å²) in [5, 5.41) is 7.21. The molecule has 2 aromatic rings. The highest BCUT2D eigenvalue weighted by molar-refractivity contribution is 5.28. The minimum Gasteiger partial charge on any atom is -0.484 e. The molecular weight excluding hydrogens is 254 g/mol. The van der Waals surface area contributed by atoms with Gasteiger partial charge in [-0.2, -0.15) is 4.98 Å². The Morgan fingerprint density at radius 3 is 2.95 bits per heavy atom. The van der Waals surface area contributed by atoms with E-state index in [9.17, 15) is 0 Å². The zero-order valence-electron chi connectivity index (χ0n) is 12.1. The van der Waals surface area contributed by atoms with Crippen molar-refractivity contribution in [3.63, 3.8) is 0 Å². The fourth-order valence-electron chi connectivity index (χ4n) is 1.79. The minimum atomic E-state index is 0.304. The fourth-order valence-corrected chi connectivity index (χ4v) is 1.79. The molecule has 0 aliphatic rings. The zero-order chi connectivity index (χ0) is 14.2. The summed E-state index contributed by atoms with van der Waals surface area (Å²) in [4.78, 5) is 4.21. The molecule has 1 aromatic carbocycles. The van der Waals surface area contributed by atoms with Crippen LogP contribution in [-0.4, -0.2) is 16.7 Å². The zero-order valence-corrected chi connectivity index (χ0v) is 12.1. The minimum absolute atomic E-state index is 0.304. The van der Waals surface area contributed by atoms with Crippen LogP contribution in [0.1, 0.15) is 37.5 Å². The maximum Gasteiger partial charge on any atom is 0.264 e. The van der Waals surface area contributed by atoms with Crippen LogP contribution in [0.3, 0.4) is 0 Å². The number of aryl methyl sites for hydroxylation is 1. The second kappa shape index (κ2) is 7.65. The third kappa shape index (κ3) is 4.35. The van der Waals surface area contributed by atoms with E-state index in [1.807, 2.05) is 25.1 Å². The standard InChI is InChI=1S/C15H21N3O2/c1-3-8-16-10-12-6-5-7-13(9-12)19-11-15-17-14(4-2)18-20-15/h5-7,9,16H,3-4,8,10-11H2,1-2H3. The largest absolute Gasteiger partial charge is 0.484 e. The van der Waals surface area contributed by atoms with Gasteiger partial charge in [0.05, 0.1) is 0 Å². The first kappa shape index (κ1) is 14.5. The van der Waals surface area contributed by atoms with Crippen LogP contribution in [0.25, 0.3) is 0 Å². The van der Waals surface area contributed by atoms with Gasteiger partial charge in [0.1, 0.15) is 5.75 Å². The van der Waals surface area contributed by atoms with E-state index in [1.54, 1.807) is 0 Å². The van der Waals surface area contributed by atoms with Crippen molar-refractivity contribution in [2.45, 2.75) is 39.8 Å². The van der Waals surface area contributed by atoms with Crippen molar-refractivity contribution in [3.05, 3.63) is 41.5 Å². The van der Waals surface area contributed by atoms with Gasteiger partial charge in [0.25, 0.3) is 5.89 Å². The summed E-state index contributed by atoms with van der Waals surface area (Å²) in [7, 11) is 0. The Morgan fingerprint density at radius 2 is 2.20 bits per heavy atom. The van der Waals surface area contributed by atoms with Gasteiger partial charge >= 0.3 is 0 Å². The van der Waals surface area contributed by atoms with Gasteiger partial charge in [-0.3, -0.25) is 0 Å². The first-order valence-corrected chi connectivity index (χ1v) is 7.05. The van der Waals surface area contributed by atoms with Crippen LogP contribution in [0.4, 0.5) is 0 Å². The smallest absolute Gasteiger partial charge is 0.264 e. The Labute approximate surface area is 119 Å². The molecule has 1 heterocycles. The van der Waals surface area contributed by atoms with Gasteiger partial charge in [-0.1, -0.05) is 31.1 Å². The van der Waals surface area contributed by atoms with Gasteiger partial charge in [-0.15, -0.1) is 0 Å². The number of rotatable bonds is 8.